The molecule has 0 bridgehead atoms. The Kier molecular flexibility index (Phi) is 5.63. The van der Waals surface area contributed by atoms with Gasteiger partial charge < -0.3 is 5.32 Å². The van der Waals surface area contributed by atoms with E-state index in [-0.39, 0.29) is 0 Å². The number of nitrogens with one attached hydrogen (secondary N) is 3. The highest BCUT2D eigenvalue weighted by molar-refractivity contribution is 7.94. The zero-order valence-corrected chi connectivity index (χ0v) is 15.5. The Bertz CT molecular complexity index is 815. The lowest BCUT2D eigenvalue weighted by atomic mass is 10.2. The molecule has 0 unspecified atom stereocenters. The number of rotatable bonds is 7. The number of hydrogen-bond donors (Lipinski definition) is 3. The van der Waals surface area contributed by atoms with Crippen molar-refractivity contribution in [2.24, 2.45) is 7.05 Å². The molecule has 3 aromatic rings. The zero-order valence-electron chi connectivity index (χ0n) is 14.7. The minimum absolute atomic E-state index is 0.798. The van der Waals surface area contributed by atoms with E-state index in [0.717, 1.165) is 34.2 Å². The van der Waals surface area contributed by atoms with E-state index in [1.807, 2.05) is 43.8 Å². The minimum Gasteiger partial charge on any atom is -0.381 e. The third kappa shape index (κ3) is 4.55. The van der Waals surface area contributed by atoms with Gasteiger partial charge in [0.2, 0.25) is 5.69 Å². The van der Waals surface area contributed by atoms with Crippen molar-refractivity contribution in [3.05, 3.63) is 71.5 Å². The van der Waals surface area contributed by atoms with E-state index in [9.17, 15) is 0 Å². The molecular weight excluding hydrogens is 332 g/mol. The van der Waals surface area contributed by atoms with Crippen LogP contribution in [0.4, 0.5) is 11.4 Å². The molecule has 5 nitrogen and oxygen atoms in total. The molecule has 3 N–H and O–H groups in total. The average Bonchev–Trinajstić information content (AvgIpc) is 2.88. The molecule has 130 valence electrons. The lowest BCUT2D eigenvalue weighted by Gasteiger charge is -2.07. The SMILES string of the molecule is Cc1[nH][n+](C)c(C)c1NOSc1ccc(CNc2ccccc2)cc1. The molecule has 0 aliphatic heterocycles. The maximum atomic E-state index is 5.57. The topological polar surface area (TPSA) is 53.0 Å². The van der Waals surface area contributed by atoms with Gasteiger partial charge in [-0.1, -0.05) is 30.3 Å². The second-order valence-corrected chi connectivity index (χ2v) is 6.69. The Morgan fingerprint density at radius 3 is 2.40 bits per heavy atom. The van der Waals surface area contributed by atoms with Crippen molar-refractivity contribution >= 4 is 23.4 Å². The molecule has 0 saturated carbocycles. The maximum Gasteiger partial charge on any atom is 0.229 e. The van der Waals surface area contributed by atoms with Gasteiger partial charge in [-0.05, 0) is 36.8 Å². The molecule has 2 aromatic carbocycles. The molecule has 25 heavy (non-hydrogen) atoms. The summed E-state index contributed by atoms with van der Waals surface area (Å²) in [4.78, 5) is 1.05. The molecule has 1 heterocycles. The van der Waals surface area contributed by atoms with E-state index >= 15 is 0 Å². The van der Waals surface area contributed by atoms with E-state index in [1.165, 1.54) is 17.6 Å². The Morgan fingerprint density at radius 1 is 1.04 bits per heavy atom. The lowest BCUT2D eigenvalue weighted by Crippen LogP contribution is -2.32. The first kappa shape index (κ1) is 17.4. The predicted octanol–water partition coefficient (Wildman–Crippen LogP) is 4.12. The highest BCUT2D eigenvalue weighted by Crippen LogP contribution is 2.23. The van der Waals surface area contributed by atoms with Gasteiger partial charge in [-0.3, -0.25) is 0 Å². The molecule has 0 saturated heterocycles. The fraction of sp³-hybridized carbons (Fsp3) is 0.211. The van der Waals surface area contributed by atoms with E-state index in [0.29, 0.717) is 0 Å². The van der Waals surface area contributed by atoms with Gasteiger partial charge in [0.05, 0.1) is 12.0 Å². The van der Waals surface area contributed by atoms with Crippen LogP contribution < -0.4 is 15.5 Å². The largest absolute Gasteiger partial charge is 0.381 e. The van der Waals surface area contributed by atoms with Crippen LogP contribution >= 0.6 is 12.0 Å². The van der Waals surface area contributed by atoms with Crippen molar-refractivity contribution in [2.75, 3.05) is 10.8 Å². The second kappa shape index (κ2) is 8.09. The van der Waals surface area contributed by atoms with Crippen LogP contribution in [-0.2, 0) is 17.9 Å². The summed E-state index contributed by atoms with van der Waals surface area (Å²) in [5.41, 5.74) is 8.47. The summed E-state index contributed by atoms with van der Waals surface area (Å²) in [6, 6.07) is 18.5. The number of aromatic amines is 1. The van der Waals surface area contributed by atoms with Crippen LogP contribution in [0.1, 0.15) is 17.0 Å². The first-order valence-electron chi connectivity index (χ1n) is 8.16. The smallest absolute Gasteiger partial charge is 0.229 e. The maximum absolute atomic E-state index is 5.57. The molecule has 1 aromatic heterocycles. The zero-order chi connectivity index (χ0) is 17.6. The van der Waals surface area contributed by atoms with Gasteiger partial charge in [0, 0.05) is 24.1 Å². The fourth-order valence-electron chi connectivity index (χ4n) is 2.51. The van der Waals surface area contributed by atoms with Crippen LogP contribution in [0.3, 0.4) is 0 Å². The summed E-state index contributed by atoms with van der Waals surface area (Å²) in [7, 11) is 1.98. The highest BCUT2D eigenvalue weighted by Gasteiger charge is 2.15. The number of H-pyrrole nitrogens is 1. The number of para-hydroxylation sites is 1. The van der Waals surface area contributed by atoms with Gasteiger partial charge in [0.15, 0.2) is 12.7 Å². The molecule has 0 radical (unpaired) electrons. The average molecular weight is 355 g/mol. The van der Waals surface area contributed by atoms with Crippen LogP contribution in [0.5, 0.6) is 0 Å². The molecule has 0 atom stereocenters. The van der Waals surface area contributed by atoms with Gasteiger partial charge in [-0.15, -0.1) is 4.68 Å². The second-order valence-electron chi connectivity index (χ2n) is 5.89. The van der Waals surface area contributed by atoms with Crippen LogP contribution in [0.15, 0.2) is 59.5 Å². The summed E-state index contributed by atoms with van der Waals surface area (Å²) in [5.74, 6) is 0. The normalized spacial score (nSPS) is 10.7. The number of hydrogen-bond acceptors (Lipinski definition) is 4. The molecule has 6 heteroatoms. The highest BCUT2D eigenvalue weighted by atomic mass is 32.2. The number of aryl methyl sites for hydroxylation is 2. The van der Waals surface area contributed by atoms with E-state index < -0.39 is 0 Å². The van der Waals surface area contributed by atoms with E-state index in [4.69, 9.17) is 4.28 Å². The fourth-order valence-corrected chi connectivity index (χ4v) is 2.98. The number of nitrogens with zero attached hydrogens (tertiary/aromatic N) is 1. The summed E-state index contributed by atoms with van der Waals surface area (Å²) >= 11 is 1.31. The Labute approximate surface area is 152 Å². The summed E-state index contributed by atoms with van der Waals surface area (Å²) in [5, 5.41) is 6.62. The Morgan fingerprint density at radius 2 is 1.76 bits per heavy atom. The standard InChI is InChI=1S/C19H22N4OS/c1-14-19(15(2)23(3)21-14)22-24-25-18-11-9-16(10-12-18)13-20-17-7-5-4-6-8-17/h4-12,20,22H,13H2,1-3H3/p+1. The summed E-state index contributed by atoms with van der Waals surface area (Å²) in [6.07, 6.45) is 0. The molecule has 3 rings (SSSR count). The molecule has 0 aliphatic rings. The van der Waals surface area contributed by atoms with Gasteiger partial charge in [-0.2, -0.15) is 9.38 Å². The van der Waals surface area contributed by atoms with Crippen molar-refractivity contribution in [1.29, 1.82) is 0 Å². The third-order valence-electron chi connectivity index (χ3n) is 4.05. The minimum atomic E-state index is 0.798. The molecule has 0 amide bonds. The first-order chi connectivity index (χ1) is 12.1. The van der Waals surface area contributed by atoms with Crippen molar-refractivity contribution in [1.82, 2.24) is 5.10 Å². The van der Waals surface area contributed by atoms with Crippen molar-refractivity contribution in [3.63, 3.8) is 0 Å². The van der Waals surface area contributed by atoms with Gasteiger partial charge in [0.25, 0.3) is 0 Å². The first-order valence-corrected chi connectivity index (χ1v) is 8.90. The Hall–Kier alpha value is -2.44. The van der Waals surface area contributed by atoms with Gasteiger partial charge in [-0.25, -0.2) is 5.48 Å². The molecule has 0 spiro atoms. The number of benzene rings is 2. The van der Waals surface area contributed by atoms with E-state index in [1.54, 1.807) is 0 Å². The molecular formula is C19H23N4OS+. The van der Waals surface area contributed by atoms with Gasteiger partial charge >= 0.3 is 0 Å². The number of aromatic nitrogens is 2. The Balaban J connectivity index is 1.49. The van der Waals surface area contributed by atoms with Crippen molar-refractivity contribution < 1.29 is 8.97 Å². The van der Waals surface area contributed by atoms with Crippen molar-refractivity contribution in [3.8, 4) is 0 Å². The van der Waals surface area contributed by atoms with Crippen LogP contribution in [0.25, 0.3) is 0 Å². The van der Waals surface area contributed by atoms with E-state index in [2.05, 4.69) is 52.3 Å². The summed E-state index contributed by atoms with van der Waals surface area (Å²) < 4.78 is 7.53. The van der Waals surface area contributed by atoms with Crippen LogP contribution in [0.2, 0.25) is 0 Å². The number of anilines is 2. The van der Waals surface area contributed by atoms with Crippen LogP contribution in [-0.4, -0.2) is 5.10 Å². The molecule has 0 fully saturated rings. The molecule has 0 aliphatic carbocycles. The monoisotopic (exact) mass is 355 g/mol. The van der Waals surface area contributed by atoms with Gasteiger partial charge in [0.1, 0.15) is 5.69 Å². The predicted molar refractivity (Wildman–Crippen MR) is 102 cm³/mol. The van der Waals surface area contributed by atoms with Crippen molar-refractivity contribution in [2.45, 2.75) is 25.3 Å². The lowest BCUT2D eigenvalue weighted by molar-refractivity contribution is -0.732. The third-order valence-corrected chi connectivity index (χ3v) is 4.68. The van der Waals surface area contributed by atoms with Crippen LogP contribution in [0, 0.1) is 13.8 Å². The quantitative estimate of drug-likeness (QED) is 0.339. The summed E-state index contributed by atoms with van der Waals surface area (Å²) in [6.45, 7) is 4.85.